The number of amides is 1. The van der Waals surface area contributed by atoms with Crippen molar-refractivity contribution < 1.29 is 13.9 Å². The van der Waals surface area contributed by atoms with Gasteiger partial charge in [-0.25, -0.2) is 4.98 Å². The number of furan rings is 1. The number of carbonyl (C=O) groups excluding carboxylic acids is 1. The summed E-state index contributed by atoms with van der Waals surface area (Å²) in [6, 6.07) is 0. The van der Waals surface area contributed by atoms with Crippen LogP contribution in [-0.2, 0) is 11.3 Å². The lowest BCUT2D eigenvalue weighted by atomic mass is 10.1. The monoisotopic (exact) mass is 307 g/mol. The fourth-order valence-corrected chi connectivity index (χ4v) is 2.29. The molecule has 2 rings (SSSR count). The Labute approximate surface area is 128 Å². The largest absolute Gasteiger partial charge is 0.442 e. The third kappa shape index (κ3) is 3.19. The van der Waals surface area contributed by atoms with Gasteiger partial charge in [-0.1, -0.05) is 13.8 Å². The Morgan fingerprint density at radius 1 is 1.50 bits per heavy atom. The highest BCUT2D eigenvalue weighted by Gasteiger charge is 2.22. The van der Waals surface area contributed by atoms with E-state index in [2.05, 4.69) is 10.3 Å². The number of hydrogen-bond acceptors (Lipinski definition) is 5. The van der Waals surface area contributed by atoms with Crippen molar-refractivity contribution in [3.05, 3.63) is 28.0 Å². The van der Waals surface area contributed by atoms with E-state index in [-0.39, 0.29) is 28.1 Å². The summed E-state index contributed by atoms with van der Waals surface area (Å²) in [6.45, 7) is 6.97. The summed E-state index contributed by atoms with van der Waals surface area (Å²) in [4.78, 5) is 29.0. The molecular formula is C15H21N3O4. The Kier molecular flexibility index (Phi) is 4.97. The molecule has 0 fully saturated rings. The molecule has 7 heteroatoms. The number of nitrogens with one attached hydrogen (secondary N) is 1. The maximum atomic E-state index is 12.6. The topological polar surface area (TPSA) is 86.4 Å². The number of aryl methyl sites for hydroxylation is 1. The summed E-state index contributed by atoms with van der Waals surface area (Å²) in [5.41, 5.74) is 0.188. The van der Waals surface area contributed by atoms with Crippen LogP contribution < -0.4 is 10.9 Å². The van der Waals surface area contributed by atoms with Gasteiger partial charge in [0.25, 0.3) is 11.5 Å². The molecular weight excluding hydrogens is 286 g/mol. The summed E-state index contributed by atoms with van der Waals surface area (Å²) in [5, 5.41) is 2.94. The van der Waals surface area contributed by atoms with Gasteiger partial charge in [0, 0.05) is 20.2 Å². The van der Waals surface area contributed by atoms with Crippen LogP contribution in [0.15, 0.2) is 15.5 Å². The van der Waals surface area contributed by atoms with Crippen molar-refractivity contribution in [1.82, 2.24) is 14.9 Å². The highest BCUT2D eigenvalue weighted by molar-refractivity contribution is 6.06. The lowest BCUT2D eigenvalue weighted by molar-refractivity contribution is 0.0937. The maximum absolute atomic E-state index is 12.6. The molecule has 2 aromatic heterocycles. The van der Waals surface area contributed by atoms with Gasteiger partial charge in [-0.05, 0) is 12.8 Å². The molecule has 22 heavy (non-hydrogen) atoms. The smallest absolute Gasteiger partial charge is 0.265 e. The van der Waals surface area contributed by atoms with Crippen molar-refractivity contribution >= 4 is 17.0 Å². The molecule has 0 radical (unpaired) electrons. The van der Waals surface area contributed by atoms with Crippen LogP contribution in [0.3, 0.4) is 0 Å². The number of carbonyl (C=O) groups is 1. The van der Waals surface area contributed by atoms with Crippen molar-refractivity contribution in [3.63, 3.8) is 0 Å². The zero-order valence-corrected chi connectivity index (χ0v) is 13.3. The van der Waals surface area contributed by atoms with E-state index in [4.69, 9.17) is 9.15 Å². The van der Waals surface area contributed by atoms with Crippen molar-refractivity contribution in [2.75, 3.05) is 20.3 Å². The molecule has 0 aromatic carbocycles. The summed E-state index contributed by atoms with van der Waals surface area (Å²) in [7, 11) is 1.55. The second kappa shape index (κ2) is 6.74. The number of ether oxygens (including phenoxy) is 1. The molecule has 0 aliphatic rings. The molecule has 0 atom stereocenters. The van der Waals surface area contributed by atoms with E-state index in [1.807, 2.05) is 13.8 Å². The van der Waals surface area contributed by atoms with E-state index in [0.717, 1.165) is 0 Å². The molecule has 120 valence electrons. The Bertz CT molecular complexity index is 730. The molecule has 1 amide bonds. The van der Waals surface area contributed by atoms with Gasteiger partial charge in [0.2, 0.25) is 5.71 Å². The van der Waals surface area contributed by atoms with Gasteiger partial charge in [-0.3, -0.25) is 14.2 Å². The predicted octanol–water partition coefficient (Wildman–Crippen LogP) is 1.33. The van der Waals surface area contributed by atoms with E-state index >= 15 is 0 Å². The van der Waals surface area contributed by atoms with Gasteiger partial charge in [-0.15, -0.1) is 0 Å². The molecule has 0 bridgehead atoms. The second-order valence-corrected chi connectivity index (χ2v) is 5.56. The van der Waals surface area contributed by atoms with E-state index in [0.29, 0.717) is 31.4 Å². The molecule has 0 spiro atoms. The van der Waals surface area contributed by atoms with Crippen molar-refractivity contribution in [3.8, 4) is 0 Å². The van der Waals surface area contributed by atoms with Gasteiger partial charge >= 0.3 is 0 Å². The van der Waals surface area contributed by atoms with Crippen LogP contribution in [0, 0.1) is 12.8 Å². The van der Waals surface area contributed by atoms with Gasteiger partial charge < -0.3 is 14.5 Å². The minimum atomic E-state index is -0.352. The van der Waals surface area contributed by atoms with Crippen LogP contribution >= 0.6 is 0 Å². The summed E-state index contributed by atoms with van der Waals surface area (Å²) in [6.07, 6.45) is 1.46. The van der Waals surface area contributed by atoms with Crippen molar-refractivity contribution in [2.45, 2.75) is 27.3 Å². The van der Waals surface area contributed by atoms with Crippen LogP contribution in [0.4, 0.5) is 0 Å². The Morgan fingerprint density at radius 2 is 2.23 bits per heavy atom. The number of fused-ring (bicyclic) bond motifs is 1. The van der Waals surface area contributed by atoms with Crippen LogP contribution in [0.1, 0.15) is 30.0 Å². The molecule has 0 saturated carbocycles. The van der Waals surface area contributed by atoms with Crippen LogP contribution in [-0.4, -0.2) is 35.7 Å². The highest BCUT2D eigenvalue weighted by atomic mass is 16.5. The lowest BCUT2D eigenvalue weighted by Gasteiger charge is -2.08. The molecule has 0 aliphatic heterocycles. The SMILES string of the molecule is COCCNC(=O)c1c(C)oc2ncn(CC(C)C)c(=O)c12. The first-order valence-electron chi connectivity index (χ1n) is 7.21. The van der Waals surface area contributed by atoms with Crippen LogP contribution in [0.25, 0.3) is 11.1 Å². The van der Waals surface area contributed by atoms with E-state index in [9.17, 15) is 9.59 Å². The molecule has 0 unspecified atom stereocenters. The van der Waals surface area contributed by atoms with Crippen molar-refractivity contribution in [1.29, 1.82) is 0 Å². The summed E-state index contributed by atoms with van der Waals surface area (Å²) < 4.78 is 11.9. The Hall–Kier alpha value is -2.15. The average molecular weight is 307 g/mol. The first-order chi connectivity index (χ1) is 10.5. The average Bonchev–Trinajstić information content (AvgIpc) is 2.79. The number of methoxy groups -OCH3 is 1. The zero-order valence-electron chi connectivity index (χ0n) is 13.3. The van der Waals surface area contributed by atoms with Gasteiger partial charge in [0.15, 0.2) is 0 Å². The molecule has 2 heterocycles. The first kappa shape index (κ1) is 16.2. The second-order valence-electron chi connectivity index (χ2n) is 5.56. The molecule has 1 N–H and O–H groups in total. The standard InChI is InChI=1S/C15H21N3O4/c1-9(2)7-18-8-17-14-12(15(18)20)11(10(3)22-14)13(19)16-5-6-21-4/h8-9H,5-7H2,1-4H3,(H,16,19). The lowest BCUT2D eigenvalue weighted by Crippen LogP contribution is -2.29. The minimum absolute atomic E-state index is 0.194. The van der Waals surface area contributed by atoms with Gasteiger partial charge in [0.05, 0.1) is 12.2 Å². The summed E-state index contributed by atoms with van der Waals surface area (Å²) >= 11 is 0. The predicted molar refractivity (Wildman–Crippen MR) is 82.1 cm³/mol. The normalized spacial score (nSPS) is 11.3. The zero-order chi connectivity index (χ0) is 16.3. The molecule has 2 aromatic rings. The number of rotatable bonds is 6. The highest BCUT2D eigenvalue weighted by Crippen LogP contribution is 2.20. The van der Waals surface area contributed by atoms with Crippen LogP contribution in [0.2, 0.25) is 0 Å². The third-order valence-corrected chi connectivity index (χ3v) is 3.24. The third-order valence-electron chi connectivity index (χ3n) is 3.24. The van der Waals surface area contributed by atoms with Gasteiger partial charge in [0.1, 0.15) is 17.5 Å². The Balaban J connectivity index is 2.47. The first-order valence-corrected chi connectivity index (χ1v) is 7.21. The van der Waals surface area contributed by atoms with E-state index in [1.54, 1.807) is 14.0 Å². The number of nitrogens with zero attached hydrogens (tertiary/aromatic N) is 2. The molecule has 7 nitrogen and oxygen atoms in total. The fraction of sp³-hybridized carbons (Fsp3) is 0.533. The van der Waals surface area contributed by atoms with Gasteiger partial charge in [-0.2, -0.15) is 0 Å². The number of aromatic nitrogens is 2. The maximum Gasteiger partial charge on any atom is 0.265 e. The fourth-order valence-electron chi connectivity index (χ4n) is 2.29. The quantitative estimate of drug-likeness (QED) is 0.814. The molecule has 0 aliphatic carbocycles. The van der Waals surface area contributed by atoms with Crippen LogP contribution in [0.5, 0.6) is 0 Å². The van der Waals surface area contributed by atoms with E-state index in [1.165, 1.54) is 10.9 Å². The number of hydrogen-bond donors (Lipinski definition) is 1. The van der Waals surface area contributed by atoms with E-state index < -0.39 is 0 Å². The molecule has 0 saturated heterocycles. The van der Waals surface area contributed by atoms with Crippen molar-refractivity contribution in [2.24, 2.45) is 5.92 Å². The minimum Gasteiger partial charge on any atom is -0.442 e. The Morgan fingerprint density at radius 3 is 2.86 bits per heavy atom. The summed E-state index contributed by atoms with van der Waals surface area (Å²) in [5.74, 6) is 0.329.